The highest BCUT2D eigenvalue weighted by Crippen LogP contribution is 2.48. The Bertz CT molecular complexity index is 2070. The Morgan fingerprint density at radius 1 is 0.965 bits per heavy atom. The van der Waals surface area contributed by atoms with Gasteiger partial charge in [-0.15, -0.1) is 0 Å². The predicted molar refractivity (Wildman–Crippen MR) is 174 cm³/mol. The fourth-order valence-corrected chi connectivity index (χ4v) is 6.49. The zero-order valence-electron chi connectivity index (χ0n) is 29.2. The van der Waals surface area contributed by atoms with Crippen molar-refractivity contribution in [3.8, 4) is 23.2 Å². The molecule has 0 amide bonds. The van der Waals surface area contributed by atoms with E-state index < -0.39 is 47.2 Å². The summed E-state index contributed by atoms with van der Waals surface area (Å²) < 4.78 is 112. The third kappa shape index (κ3) is 9.88. The number of nitrogens with one attached hydrogen (secondary N) is 1. The Hall–Kier alpha value is -5.57. The fourth-order valence-electron chi connectivity index (χ4n) is 6.49. The largest absolute Gasteiger partial charge is 0.490 e. The van der Waals surface area contributed by atoms with E-state index in [2.05, 4.69) is 41.0 Å². The van der Waals surface area contributed by atoms with E-state index in [0.717, 1.165) is 35.1 Å². The molecule has 15 nitrogen and oxygen atoms in total. The van der Waals surface area contributed by atoms with Gasteiger partial charge in [-0.05, 0) is 44.6 Å². The lowest BCUT2D eigenvalue weighted by Gasteiger charge is -2.53. The summed E-state index contributed by atoms with van der Waals surface area (Å²) in [7, 11) is 0. The number of likely N-dealkylation sites (tertiary alicyclic amines) is 1. The quantitative estimate of drug-likeness (QED) is 0.168. The second-order valence-electron chi connectivity index (χ2n) is 13.6. The summed E-state index contributed by atoms with van der Waals surface area (Å²) in [5, 5.41) is 39.2. The van der Waals surface area contributed by atoms with Crippen LogP contribution in [0.5, 0.6) is 5.88 Å². The number of aliphatic carboxylic acids is 2. The third-order valence-corrected chi connectivity index (χ3v) is 9.69. The summed E-state index contributed by atoms with van der Waals surface area (Å²) in [5.74, 6) is -6.84. The van der Waals surface area contributed by atoms with Crippen LogP contribution in [0.4, 0.5) is 39.5 Å². The number of hydrogen-bond acceptors (Lipinski definition) is 11. The number of carbonyl (C=O) groups is 2. The van der Waals surface area contributed by atoms with E-state index >= 15 is 0 Å². The molecule has 0 bridgehead atoms. The molecule has 4 aromatic heterocycles. The maximum Gasteiger partial charge on any atom is 0.490 e. The first-order valence-electron chi connectivity index (χ1n) is 16.9. The van der Waals surface area contributed by atoms with Gasteiger partial charge in [-0.1, -0.05) is 0 Å². The number of fused-ring (bicyclic) bond motifs is 1. The van der Waals surface area contributed by atoms with Crippen LogP contribution in [0.25, 0.3) is 22.3 Å². The maximum absolute atomic E-state index is 13.5. The summed E-state index contributed by atoms with van der Waals surface area (Å²) in [5.41, 5.74) is 1.40. The number of carboxylic acid groups (broad SMARTS) is 2. The first-order valence-corrected chi connectivity index (χ1v) is 16.9. The van der Waals surface area contributed by atoms with E-state index in [4.69, 9.17) is 24.5 Å². The number of ether oxygens (including phenoxy) is 1. The number of nitriles is 1. The summed E-state index contributed by atoms with van der Waals surface area (Å²) in [4.78, 5) is 39.3. The van der Waals surface area contributed by atoms with Crippen molar-refractivity contribution in [3.05, 3.63) is 48.6 Å². The normalized spacial score (nSPS) is 20.2. The molecule has 57 heavy (non-hydrogen) atoms. The molecule has 0 aromatic carbocycles. The summed E-state index contributed by atoms with van der Waals surface area (Å²) >= 11 is 0. The monoisotopic (exact) mass is 821 g/mol. The van der Waals surface area contributed by atoms with E-state index in [1.54, 1.807) is 6.20 Å². The molecule has 4 N–H and O–H groups in total. The number of hydrogen-bond donors (Lipinski definition) is 4. The van der Waals surface area contributed by atoms with Crippen molar-refractivity contribution in [1.29, 1.82) is 5.26 Å². The van der Waals surface area contributed by atoms with Crippen LogP contribution in [0.2, 0.25) is 0 Å². The Kier molecular flexibility index (Phi) is 12.0. The van der Waals surface area contributed by atoms with E-state index in [-0.39, 0.29) is 30.3 Å². The van der Waals surface area contributed by atoms with Crippen molar-refractivity contribution >= 4 is 23.0 Å². The summed E-state index contributed by atoms with van der Waals surface area (Å²) in [6.07, 6.45) is -3.62. The number of aliphatic hydroxyl groups excluding tert-OH is 1. The van der Waals surface area contributed by atoms with Crippen LogP contribution >= 0.6 is 0 Å². The van der Waals surface area contributed by atoms with Crippen molar-refractivity contribution < 1.29 is 69.2 Å². The highest BCUT2D eigenvalue weighted by Gasteiger charge is 2.49. The van der Waals surface area contributed by atoms with Crippen molar-refractivity contribution in [3.63, 3.8) is 0 Å². The van der Waals surface area contributed by atoms with Gasteiger partial charge in [0.25, 0.3) is 0 Å². The lowest BCUT2D eigenvalue weighted by Crippen LogP contribution is -2.65. The van der Waals surface area contributed by atoms with Gasteiger partial charge < -0.3 is 25.0 Å². The third-order valence-electron chi connectivity index (χ3n) is 9.69. The van der Waals surface area contributed by atoms with Gasteiger partial charge in [0, 0.05) is 54.0 Å². The molecule has 0 unspecified atom stereocenters. The molecule has 5 heterocycles. The Balaban J connectivity index is 0.000000380. The van der Waals surface area contributed by atoms with Crippen LogP contribution < -0.4 is 4.74 Å². The number of carboxylic acids is 2. The lowest BCUT2D eigenvalue weighted by molar-refractivity contribution is -0.193. The van der Waals surface area contributed by atoms with Gasteiger partial charge in [0.15, 0.2) is 0 Å². The van der Waals surface area contributed by atoms with Crippen molar-refractivity contribution in [2.75, 3.05) is 19.7 Å². The lowest BCUT2D eigenvalue weighted by atomic mass is 9.82. The summed E-state index contributed by atoms with van der Waals surface area (Å²) in [6.45, 7) is 1.09. The Labute approximate surface area is 315 Å². The first kappa shape index (κ1) is 42.6. The predicted octanol–water partition coefficient (Wildman–Crippen LogP) is 5.24. The van der Waals surface area contributed by atoms with Gasteiger partial charge in [0.2, 0.25) is 11.7 Å². The zero-order chi connectivity index (χ0) is 42.0. The zero-order valence-corrected chi connectivity index (χ0v) is 29.2. The molecule has 1 aliphatic heterocycles. The average molecular weight is 822 g/mol. The van der Waals surface area contributed by atoms with Gasteiger partial charge in [-0.2, -0.15) is 54.9 Å². The van der Waals surface area contributed by atoms with Crippen LogP contribution in [0.15, 0.2) is 37.1 Å². The second-order valence-corrected chi connectivity index (χ2v) is 13.6. The second kappa shape index (κ2) is 16.1. The van der Waals surface area contributed by atoms with Crippen molar-refractivity contribution in [2.45, 2.75) is 86.6 Å². The average Bonchev–Trinajstić information content (AvgIpc) is 3.50. The molecule has 3 fully saturated rings. The standard InChI is InChI=1S/C29H30F3N9O2.2C2HF3O2/c30-29(31,32)26-38-22(27(16-42)6-7-27)11-23(39-26)43-20-3-1-19(2-4-20)40-14-28(15-40,8-9-33)41-13-18(12-37-41)24-21-5-10-34-25(21)36-17-35-24;2*3-2(4,5)1(6)7/h5,10-13,17,19-20,42H,1-4,6-8,14-16H2,(H,34,35,36);2*(H,6,7)/t19-,20+;;. The van der Waals surface area contributed by atoms with Crippen LogP contribution in [-0.4, -0.2) is 111 Å². The molecule has 7 rings (SSSR count). The van der Waals surface area contributed by atoms with Crippen LogP contribution in [-0.2, 0) is 26.7 Å². The Morgan fingerprint density at radius 3 is 2.11 bits per heavy atom. The molecule has 308 valence electrons. The van der Waals surface area contributed by atoms with Crippen LogP contribution in [0.3, 0.4) is 0 Å². The van der Waals surface area contributed by atoms with Crippen LogP contribution in [0, 0.1) is 11.3 Å². The van der Waals surface area contributed by atoms with Gasteiger partial charge in [-0.25, -0.2) is 24.5 Å². The Morgan fingerprint density at radius 2 is 1.58 bits per heavy atom. The van der Waals surface area contributed by atoms with Crippen LogP contribution in [0.1, 0.15) is 56.5 Å². The van der Waals surface area contributed by atoms with Gasteiger partial charge >= 0.3 is 30.5 Å². The first-order chi connectivity index (χ1) is 26.6. The van der Waals surface area contributed by atoms with Crippen molar-refractivity contribution in [2.24, 2.45) is 0 Å². The smallest absolute Gasteiger partial charge is 0.475 e. The molecular weight excluding hydrogens is 789 g/mol. The number of rotatable bonds is 8. The highest BCUT2D eigenvalue weighted by molar-refractivity contribution is 5.90. The summed E-state index contributed by atoms with van der Waals surface area (Å²) in [6, 6.07) is 5.99. The number of aromatic nitrogens is 7. The van der Waals surface area contributed by atoms with Gasteiger partial charge in [0.1, 0.15) is 23.6 Å². The number of alkyl halides is 9. The minimum Gasteiger partial charge on any atom is -0.475 e. The van der Waals surface area contributed by atoms with E-state index in [9.17, 15) is 49.9 Å². The number of aliphatic hydroxyl groups is 1. The van der Waals surface area contributed by atoms with Gasteiger partial charge in [-0.3, -0.25) is 9.58 Å². The van der Waals surface area contributed by atoms with Crippen molar-refractivity contribution in [1.82, 2.24) is 39.6 Å². The minimum absolute atomic E-state index is 0.0902. The molecule has 0 atom stereocenters. The molecule has 2 saturated carbocycles. The maximum atomic E-state index is 13.5. The molecule has 0 radical (unpaired) electrons. The molecule has 24 heteroatoms. The minimum atomic E-state index is -5.08. The SMILES string of the molecule is N#CCC1(n2cc(-c3ncnc4[nH]ccc34)cn2)CN([C@H]2CC[C@@H](Oc3cc(C4(CO)CC4)nc(C(F)(F)F)n3)CC2)C1.O=C(O)C(F)(F)F.O=C(O)C(F)(F)F. The molecule has 2 aliphatic carbocycles. The molecule has 0 spiro atoms. The number of nitrogens with zero attached hydrogens (tertiary/aromatic N) is 8. The van der Waals surface area contributed by atoms with E-state index in [0.29, 0.717) is 45.2 Å². The molecule has 1 saturated heterocycles. The number of aromatic amines is 1. The highest BCUT2D eigenvalue weighted by atomic mass is 19.4. The molecule has 3 aliphatic rings. The fraction of sp³-hybridized carbons (Fsp3) is 0.515. The molecular formula is C33H32F9N9O6. The van der Waals surface area contributed by atoms with E-state index in [1.807, 2.05) is 23.1 Å². The van der Waals surface area contributed by atoms with Gasteiger partial charge in [0.05, 0.1) is 36.7 Å². The van der Waals surface area contributed by atoms with E-state index in [1.165, 1.54) is 12.4 Å². The number of halogens is 9. The topological polar surface area (TPSA) is 216 Å². The molecule has 4 aromatic rings. The number of H-pyrrole nitrogens is 1.